The average molecular weight is 323 g/mol. The molecule has 6 heteroatoms. The van der Waals surface area contributed by atoms with Crippen LogP contribution < -0.4 is 10.1 Å². The standard InChI is InChI=1S/C17H16F3NO2/c1-23-15-8-2-12(3-9-15)10-11-21-16(22)13-4-6-14(7-5-13)17(18,19)20/h2-9H,10-11H2,1H3,(H,21,22). The fourth-order valence-electron chi connectivity index (χ4n) is 2.03. The number of alkyl halides is 3. The lowest BCUT2D eigenvalue weighted by molar-refractivity contribution is -0.137. The number of methoxy groups -OCH3 is 1. The monoisotopic (exact) mass is 323 g/mol. The van der Waals surface area contributed by atoms with Crippen LogP contribution in [0.1, 0.15) is 21.5 Å². The SMILES string of the molecule is COc1ccc(CCNC(=O)c2ccc(C(F)(F)F)cc2)cc1. The van der Waals surface area contributed by atoms with Crippen molar-refractivity contribution in [3.63, 3.8) is 0 Å². The summed E-state index contributed by atoms with van der Waals surface area (Å²) in [5.74, 6) is 0.356. The van der Waals surface area contributed by atoms with Gasteiger partial charge in [0.25, 0.3) is 5.91 Å². The van der Waals surface area contributed by atoms with Crippen LogP contribution in [0.2, 0.25) is 0 Å². The molecule has 0 fully saturated rings. The van der Waals surface area contributed by atoms with Gasteiger partial charge in [0.15, 0.2) is 0 Å². The van der Waals surface area contributed by atoms with Gasteiger partial charge in [-0.1, -0.05) is 12.1 Å². The molecule has 23 heavy (non-hydrogen) atoms. The lowest BCUT2D eigenvalue weighted by Crippen LogP contribution is -2.25. The number of hydrogen-bond donors (Lipinski definition) is 1. The van der Waals surface area contributed by atoms with E-state index in [0.29, 0.717) is 13.0 Å². The molecule has 0 radical (unpaired) electrons. The van der Waals surface area contributed by atoms with Gasteiger partial charge in [0.2, 0.25) is 0 Å². The topological polar surface area (TPSA) is 38.3 Å². The highest BCUT2D eigenvalue weighted by Gasteiger charge is 2.30. The second-order valence-electron chi connectivity index (χ2n) is 4.93. The normalized spacial score (nSPS) is 11.1. The Morgan fingerprint density at radius 1 is 1.04 bits per heavy atom. The van der Waals surface area contributed by atoms with E-state index in [1.54, 1.807) is 7.11 Å². The molecule has 3 nitrogen and oxygen atoms in total. The van der Waals surface area contributed by atoms with Gasteiger partial charge in [0.05, 0.1) is 12.7 Å². The molecule has 0 saturated carbocycles. The van der Waals surface area contributed by atoms with E-state index in [1.165, 1.54) is 12.1 Å². The van der Waals surface area contributed by atoms with Crippen LogP contribution >= 0.6 is 0 Å². The first kappa shape index (κ1) is 16.9. The second-order valence-corrected chi connectivity index (χ2v) is 4.93. The van der Waals surface area contributed by atoms with Crippen LogP contribution in [0.3, 0.4) is 0 Å². The predicted molar refractivity (Wildman–Crippen MR) is 80.5 cm³/mol. The van der Waals surface area contributed by atoms with E-state index in [1.807, 2.05) is 24.3 Å². The van der Waals surface area contributed by atoms with Crippen molar-refractivity contribution in [2.24, 2.45) is 0 Å². The molecular weight excluding hydrogens is 307 g/mol. The number of rotatable bonds is 5. The van der Waals surface area contributed by atoms with Crippen molar-refractivity contribution in [3.8, 4) is 5.75 Å². The number of hydrogen-bond acceptors (Lipinski definition) is 2. The number of ether oxygens (including phenoxy) is 1. The van der Waals surface area contributed by atoms with Crippen molar-refractivity contribution >= 4 is 5.91 Å². The molecule has 0 aliphatic rings. The lowest BCUT2D eigenvalue weighted by Gasteiger charge is -2.08. The largest absolute Gasteiger partial charge is 0.497 e. The summed E-state index contributed by atoms with van der Waals surface area (Å²) in [5.41, 5.74) is 0.457. The zero-order valence-corrected chi connectivity index (χ0v) is 12.5. The van der Waals surface area contributed by atoms with Crippen LogP contribution in [-0.2, 0) is 12.6 Å². The van der Waals surface area contributed by atoms with E-state index in [9.17, 15) is 18.0 Å². The summed E-state index contributed by atoms with van der Waals surface area (Å²) in [6.45, 7) is 0.395. The minimum absolute atomic E-state index is 0.202. The highest BCUT2D eigenvalue weighted by atomic mass is 19.4. The maximum Gasteiger partial charge on any atom is 0.416 e. The minimum Gasteiger partial charge on any atom is -0.497 e. The smallest absolute Gasteiger partial charge is 0.416 e. The molecule has 1 N–H and O–H groups in total. The summed E-state index contributed by atoms with van der Waals surface area (Å²) in [5, 5.41) is 2.68. The molecule has 2 aromatic carbocycles. The zero-order valence-electron chi connectivity index (χ0n) is 12.5. The van der Waals surface area contributed by atoms with Crippen molar-refractivity contribution in [2.75, 3.05) is 13.7 Å². The number of carbonyl (C=O) groups is 1. The van der Waals surface area contributed by atoms with Crippen LogP contribution in [0.4, 0.5) is 13.2 Å². The third-order valence-electron chi connectivity index (χ3n) is 3.33. The lowest BCUT2D eigenvalue weighted by atomic mass is 10.1. The van der Waals surface area contributed by atoms with Crippen molar-refractivity contribution in [1.82, 2.24) is 5.32 Å². The van der Waals surface area contributed by atoms with Gasteiger partial charge in [-0.2, -0.15) is 13.2 Å². The highest BCUT2D eigenvalue weighted by molar-refractivity contribution is 5.94. The van der Waals surface area contributed by atoms with Crippen molar-refractivity contribution in [3.05, 3.63) is 65.2 Å². The molecule has 0 heterocycles. The van der Waals surface area contributed by atoms with Crippen LogP contribution in [-0.4, -0.2) is 19.6 Å². The first-order valence-electron chi connectivity index (χ1n) is 6.98. The van der Waals surface area contributed by atoms with Gasteiger partial charge in [-0.15, -0.1) is 0 Å². The molecular formula is C17H16F3NO2. The molecule has 0 aromatic heterocycles. The van der Waals surface area contributed by atoms with Gasteiger partial charge in [0.1, 0.15) is 5.75 Å². The Bertz CT molecular complexity index is 649. The van der Waals surface area contributed by atoms with E-state index in [2.05, 4.69) is 5.32 Å². The number of halogens is 3. The van der Waals surface area contributed by atoms with E-state index in [0.717, 1.165) is 23.4 Å². The highest BCUT2D eigenvalue weighted by Crippen LogP contribution is 2.29. The first-order chi connectivity index (χ1) is 10.9. The molecule has 1 amide bonds. The Balaban J connectivity index is 1.86. The minimum atomic E-state index is -4.40. The van der Waals surface area contributed by atoms with E-state index < -0.39 is 17.6 Å². The number of benzene rings is 2. The molecule has 0 spiro atoms. The van der Waals surface area contributed by atoms with Crippen molar-refractivity contribution < 1.29 is 22.7 Å². The summed E-state index contributed by atoms with van der Waals surface area (Å²) in [4.78, 5) is 11.9. The Morgan fingerprint density at radius 3 is 2.17 bits per heavy atom. The fraction of sp³-hybridized carbons (Fsp3) is 0.235. The molecule has 0 aliphatic carbocycles. The molecule has 0 bridgehead atoms. The van der Waals surface area contributed by atoms with Crippen LogP contribution in [0, 0.1) is 0 Å². The maximum absolute atomic E-state index is 12.5. The molecule has 0 atom stereocenters. The summed E-state index contributed by atoms with van der Waals surface area (Å²) < 4.78 is 42.4. The van der Waals surface area contributed by atoms with Gasteiger partial charge in [-0.05, 0) is 48.4 Å². The Labute approximate surface area is 132 Å². The summed E-state index contributed by atoms with van der Waals surface area (Å²) in [6.07, 6.45) is -3.78. The summed E-state index contributed by atoms with van der Waals surface area (Å²) >= 11 is 0. The van der Waals surface area contributed by atoms with Gasteiger partial charge >= 0.3 is 6.18 Å². The molecule has 0 aliphatic heterocycles. The molecule has 0 unspecified atom stereocenters. The quantitative estimate of drug-likeness (QED) is 0.911. The van der Waals surface area contributed by atoms with Gasteiger partial charge in [-0.25, -0.2) is 0 Å². The Morgan fingerprint density at radius 2 is 1.65 bits per heavy atom. The van der Waals surface area contributed by atoms with E-state index >= 15 is 0 Å². The summed E-state index contributed by atoms with van der Waals surface area (Å²) in [7, 11) is 1.58. The van der Waals surface area contributed by atoms with Crippen molar-refractivity contribution in [1.29, 1.82) is 0 Å². The first-order valence-corrected chi connectivity index (χ1v) is 6.98. The summed E-state index contributed by atoms with van der Waals surface area (Å²) in [6, 6.07) is 11.6. The fourth-order valence-corrected chi connectivity index (χ4v) is 2.03. The van der Waals surface area contributed by atoms with E-state index in [4.69, 9.17) is 4.74 Å². The van der Waals surface area contributed by atoms with E-state index in [-0.39, 0.29) is 5.56 Å². The average Bonchev–Trinajstić information content (AvgIpc) is 2.54. The number of amides is 1. The third kappa shape index (κ3) is 4.74. The van der Waals surface area contributed by atoms with Crippen LogP contribution in [0.25, 0.3) is 0 Å². The third-order valence-corrected chi connectivity index (χ3v) is 3.33. The van der Waals surface area contributed by atoms with Gasteiger partial charge in [0, 0.05) is 12.1 Å². The van der Waals surface area contributed by atoms with Crippen LogP contribution in [0.5, 0.6) is 5.75 Å². The maximum atomic E-state index is 12.5. The Kier molecular flexibility index (Phi) is 5.26. The van der Waals surface area contributed by atoms with Crippen LogP contribution in [0.15, 0.2) is 48.5 Å². The van der Waals surface area contributed by atoms with Gasteiger partial charge < -0.3 is 10.1 Å². The Hall–Kier alpha value is -2.50. The molecule has 2 rings (SSSR count). The molecule has 0 saturated heterocycles. The van der Waals surface area contributed by atoms with Crippen molar-refractivity contribution in [2.45, 2.75) is 12.6 Å². The molecule has 2 aromatic rings. The zero-order chi connectivity index (χ0) is 16.9. The number of carbonyl (C=O) groups excluding carboxylic acids is 1. The number of nitrogens with one attached hydrogen (secondary N) is 1. The second kappa shape index (κ2) is 7.17. The van der Waals surface area contributed by atoms with Gasteiger partial charge in [-0.3, -0.25) is 4.79 Å². The predicted octanol–water partition coefficient (Wildman–Crippen LogP) is 3.69. The molecule has 122 valence electrons.